The maximum atomic E-state index is 13.1. The lowest BCUT2D eigenvalue weighted by Gasteiger charge is -2.09. The number of halogens is 1. The van der Waals surface area contributed by atoms with Crippen molar-refractivity contribution in [2.45, 2.75) is 13.8 Å². The Balaban J connectivity index is 2.99. The molecule has 0 saturated carbocycles. The second kappa shape index (κ2) is 6.14. The van der Waals surface area contributed by atoms with Gasteiger partial charge in [0.05, 0.1) is 18.4 Å². The molecule has 0 saturated heterocycles. The minimum absolute atomic E-state index is 0.0465. The summed E-state index contributed by atoms with van der Waals surface area (Å²) in [4.78, 5) is 11.9. The van der Waals surface area contributed by atoms with Gasteiger partial charge >= 0.3 is 0 Å². The van der Waals surface area contributed by atoms with Gasteiger partial charge in [0.25, 0.3) is 0 Å². The number of ketones is 1. The van der Waals surface area contributed by atoms with E-state index in [4.69, 9.17) is 4.74 Å². The molecular formula is C13H17FO4S. The fourth-order valence-electron chi connectivity index (χ4n) is 1.74. The first-order valence-electron chi connectivity index (χ1n) is 5.82. The van der Waals surface area contributed by atoms with Crippen molar-refractivity contribution in [3.63, 3.8) is 0 Å². The van der Waals surface area contributed by atoms with E-state index in [1.54, 1.807) is 13.8 Å². The Morgan fingerprint density at radius 3 is 2.53 bits per heavy atom. The van der Waals surface area contributed by atoms with Crippen molar-refractivity contribution in [1.82, 2.24) is 0 Å². The first kappa shape index (κ1) is 15.6. The topological polar surface area (TPSA) is 60.4 Å². The fraction of sp³-hybridized carbons (Fsp3) is 0.462. The zero-order valence-electron chi connectivity index (χ0n) is 11.1. The Bertz CT molecular complexity index is 564. The summed E-state index contributed by atoms with van der Waals surface area (Å²) in [5.74, 6) is -1.86. The van der Waals surface area contributed by atoms with E-state index in [1.807, 2.05) is 0 Å². The second-order valence-corrected chi connectivity index (χ2v) is 6.83. The quantitative estimate of drug-likeness (QED) is 0.752. The molecule has 1 rings (SSSR count). The van der Waals surface area contributed by atoms with Crippen LogP contribution in [0.15, 0.2) is 18.2 Å². The van der Waals surface area contributed by atoms with Gasteiger partial charge in [0.1, 0.15) is 17.3 Å². The second-order valence-electron chi connectivity index (χ2n) is 4.72. The number of sulfone groups is 1. The molecule has 0 N–H and O–H groups in total. The van der Waals surface area contributed by atoms with Crippen LogP contribution in [0.3, 0.4) is 0 Å². The Morgan fingerprint density at radius 1 is 1.37 bits per heavy atom. The smallest absolute Gasteiger partial charge is 0.181 e. The number of rotatable bonds is 6. The van der Waals surface area contributed by atoms with Crippen LogP contribution >= 0.6 is 0 Å². The van der Waals surface area contributed by atoms with Gasteiger partial charge in [-0.1, -0.05) is 13.8 Å². The molecule has 0 fully saturated rings. The molecule has 106 valence electrons. The molecule has 1 aromatic carbocycles. The molecule has 1 aromatic rings. The summed E-state index contributed by atoms with van der Waals surface area (Å²) < 4.78 is 41.6. The van der Waals surface area contributed by atoms with Gasteiger partial charge in [0, 0.05) is 0 Å². The van der Waals surface area contributed by atoms with Crippen LogP contribution in [0.25, 0.3) is 0 Å². The molecule has 0 aromatic heterocycles. The number of methoxy groups -OCH3 is 1. The molecule has 0 atom stereocenters. The predicted molar refractivity (Wildman–Crippen MR) is 70.8 cm³/mol. The molecule has 0 amide bonds. The van der Waals surface area contributed by atoms with Crippen molar-refractivity contribution in [1.29, 1.82) is 0 Å². The number of hydrogen-bond donors (Lipinski definition) is 0. The van der Waals surface area contributed by atoms with Crippen LogP contribution in [0, 0.1) is 11.7 Å². The Kier molecular flexibility index (Phi) is 5.05. The minimum atomic E-state index is -3.49. The third-order valence-corrected chi connectivity index (χ3v) is 4.28. The standard InChI is InChI=1S/C13H17FO4S/c1-9(2)7-19(16,17)8-12(15)11-6-10(14)4-5-13(11)18-3/h4-6,9H,7-8H2,1-3H3. The van der Waals surface area contributed by atoms with Crippen molar-refractivity contribution in [2.75, 3.05) is 18.6 Å². The highest BCUT2D eigenvalue weighted by molar-refractivity contribution is 7.92. The number of ether oxygens (including phenoxy) is 1. The van der Waals surface area contributed by atoms with Crippen LogP contribution in [-0.2, 0) is 9.84 Å². The van der Waals surface area contributed by atoms with Gasteiger partial charge in [-0.05, 0) is 24.1 Å². The van der Waals surface area contributed by atoms with E-state index in [0.29, 0.717) is 0 Å². The Labute approximate surface area is 112 Å². The highest BCUT2D eigenvalue weighted by atomic mass is 32.2. The summed E-state index contributed by atoms with van der Waals surface area (Å²) in [6.45, 7) is 3.51. The van der Waals surface area contributed by atoms with Crippen LogP contribution < -0.4 is 4.74 Å². The van der Waals surface area contributed by atoms with Crippen LogP contribution in [-0.4, -0.2) is 32.8 Å². The van der Waals surface area contributed by atoms with E-state index in [-0.39, 0.29) is 23.0 Å². The Morgan fingerprint density at radius 2 is 2.00 bits per heavy atom. The minimum Gasteiger partial charge on any atom is -0.496 e. The lowest BCUT2D eigenvalue weighted by molar-refractivity contribution is 0.101. The average Bonchev–Trinajstić information content (AvgIpc) is 2.26. The van der Waals surface area contributed by atoms with Crippen molar-refractivity contribution in [2.24, 2.45) is 5.92 Å². The van der Waals surface area contributed by atoms with E-state index >= 15 is 0 Å². The third kappa shape index (κ3) is 4.63. The monoisotopic (exact) mass is 288 g/mol. The number of carbonyl (C=O) groups is 1. The van der Waals surface area contributed by atoms with Crippen LogP contribution in [0.4, 0.5) is 4.39 Å². The molecule has 0 aliphatic heterocycles. The van der Waals surface area contributed by atoms with Crippen LogP contribution in [0.1, 0.15) is 24.2 Å². The van der Waals surface area contributed by atoms with Crippen LogP contribution in [0.5, 0.6) is 5.75 Å². The fourth-order valence-corrected chi connectivity index (χ4v) is 3.43. The number of hydrogen-bond acceptors (Lipinski definition) is 4. The van der Waals surface area contributed by atoms with Gasteiger partial charge in [-0.2, -0.15) is 0 Å². The molecule has 0 bridgehead atoms. The average molecular weight is 288 g/mol. The van der Waals surface area contributed by atoms with E-state index in [9.17, 15) is 17.6 Å². The van der Waals surface area contributed by atoms with Crippen molar-refractivity contribution in [3.05, 3.63) is 29.6 Å². The summed E-state index contributed by atoms with van der Waals surface area (Å²) in [6.07, 6.45) is 0. The molecular weight excluding hydrogens is 271 g/mol. The van der Waals surface area contributed by atoms with Crippen molar-refractivity contribution < 1.29 is 22.3 Å². The van der Waals surface area contributed by atoms with Gasteiger partial charge in [-0.3, -0.25) is 4.79 Å². The molecule has 0 unspecified atom stereocenters. The summed E-state index contributed by atoms with van der Waals surface area (Å²) in [7, 11) is -2.15. The molecule has 6 heteroatoms. The Hall–Kier alpha value is -1.43. The maximum absolute atomic E-state index is 13.1. The van der Waals surface area contributed by atoms with Crippen molar-refractivity contribution >= 4 is 15.6 Å². The first-order valence-corrected chi connectivity index (χ1v) is 7.64. The third-order valence-electron chi connectivity index (χ3n) is 2.40. The molecule has 0 spiro atoms. The SMILES string of the molecule is COc1ccc(F)cc1C(=O)CS(=O)(=O)CC(C)C. The van der Waals surface area contributed by atoms with Gasteiger partial charge in [-0.25, -0.2) is 12.8 Å². The summed E-state index contributed by atoms with van der Waals surface area (Å²) >= 11 is 0. The number of Topliss-reactive ketones (excluding diaryl/α,β-unsaturated/α-hetero) is 1. The largest absolute Gasteiger partial charge is 0.496 e. The molecule has 0 aliphatic rings. The lowest BCUT2D eigenvalue weighted by atomic mass is 10.1. The van der Waals surface area contributed by atoms with E-state index in [0.717, 1.165) is 12.1 Å². The highest BCUT2D eigenvalue weighted by Gasteiger charge is 2.22. The molecule has 0 aliphatic carbocycles. The highest BCUT2D eigenvalue weighted by Crippen LogP contribution is 2.20. The van der Waals surface area contributed by atoms with Gasteiger partial charge in [0.2, 0.25) is 0 Å². The summed E-state index contributed by atoms with van der Waals surface area (Å²) in [5.41, 5.74) is -0.0465. The van der Waals surface area contributed by atoms with Gasteiger partial charge < -0.3 is 4.74 Å². The van der Waals surface area contributed by atoms with Crippen molar-refractivity contribution in [3.8, 4) is 5.75 Å². The number of benzene rings is 1. The van der Waals surface area contributed by atoms with E-state index < -0.39 is 27.2 Å². The molecule has 0 heterocycles. The molecule has 4 nitrogen and oxygen atoms in total. The van der Waals surface area contributed by atoms with E-state index in [1.165, 1.54) is 13.2 Å². The first-order chi connectivity index (χ1) is 8.75. The molecule has 19 heavy (non-hydrogen) atoms. The maximum Gasteiger partial charge on any atom is 0.181 e. The van der Waals surface area contributed by atoms with Gasteiger partial charge in [0.15, 0.2) is 15.6 Å². The molecule has 0 radical (unpaired) electrons. The normalized spacial score (nSPS) is 11.6. The summed E-state index contributed by atoms with van der Waals surface area (Å²) in [6, 6.07) is 3.45. The number of carbonyl (C=O) groups excluding carboxylic acids is 1. The lowest BCUT2D eigenvalue weighted by Crippen LogP contribution is -2.22. The zero-order chi connectivity index (χ0) is 14.6. The van der Waals surface area contributed by atoms with E-state index in [2.05, 4.69) is 0 Å². The van der Waals surface area contributed by atoms with Gasteiger partial charge in [-0.15, -0.1) is 0 Å². The predicted octanol–water partition coefficient (Wildman–Crippen LogP) is 2.09. The zero-order valence-corrected chi connectivity index (χ0v) is 12.0. The van der Waals surface area contributed by atoms with Crippen LogP contribution in [0.2, 0.25) is 0 Å². The summed E-state index contributed by atoms with van der Waals surface area (Å²) in [5, 5.41) is 0.